The minimum atomic E-state index is -6.74. The van der Waals surface area contributed by atoms with Gasteiger partial charge in [-0.3, -0.25) is 9.59 Å². The van der Waals surface area contributed by atoms with Gasteiger partial charge in [0.25, 0.3) is 6.10 Å². The second-order valence-corrected chi connectivity index (χ2v) is 13.5. The minimum absolute atomic E-state index is 0.0513. The summed E-state index contributed by atoms with van der Waals surface area (Å²) in [5.74, 6) is -2.16. The SMILES string of the molecule is O=C(CCCCC1CCCCC1C(=O)Oc1c(I)cc(I)cc1I)OC(C(F)(F)F)C(F)(F)S(=O)(=O)[O-]. The summed E-state index contributed by atoms with van der Waals surface area (Å²) in [5.41, 5.74) is 0. The Hall–Kier alpha value is -0.0900. The zero-order valence-electron chi connectivity index (χ0n) is 18.8. The van der Waals surface area contributed by atoms with Crippen LogP contribution in [0.2, 0.25) is 0 Å². The first-order valence-corrected chi connectivity index (χ1v) is 15.5. The first-order chi connectivity index (χ1) is 16.9. The van der Waals surface area contributed by atoms with Gasteiger partial charge >= 0.3 is 23.4 Å². The lowest BCUT2D eigenvalue weighted by molar-refractivity contribution is -0.259. The highest BCUT2D eigenvalue weighted by Crippen LogP contribution is 2.39. The molecule has 3 atom stereocenters. The molecule has 1 saturated carbocycles. The molecular formula is C21H21F5I3O7S-. The highest BCUT2D eigenvalue weighted by Gasteiger charge is 2.62. The normalized spacial score (nSPS) is 19.8. The van der Waals surface area contributed by atoms with Crippen LogP contribution in [0.3, 0.4) is 0 Å². The molecule has 210 valence electrons. The number of esters is 2. The first kappa shape index (κ1) is 33.1. The highest BCUT2D eigenvalue weighted by molar-refractivity contribution is 14.1. The fraction of sp³-hybridized carbons (Fsp3) is 0.619. The Bertz CT molecular complexity index is 1080. The number of halogens is 8. The van der Waals surface area contributed by atoms with Crippen molar-refractivity contribution in [2.45, 2.75) is 68.9 Å². The molecule has 2 rings (SSSR count). The Kier molecular flexibility index (Phi) is 12.1. The number of carbonyl (C=O) groups excluding carboxylic acids is 2. The van der Waals surface area contributed by atoms with Crippen molar-refractivity contribution >= 4 is 89.8 Å². The van der Waals surface area contributed by atoms with Gasteiger partial charge in [0.2, 0.25) is 0 Å². The number of hydrogen-bond donors (Lipinski definition) is 0. The molecule has 3 unspecified atom stereocenters. The van der Waals surface area contributed by atoms with E-state index in [2.05, 4.69) is 72.5 Å². The molecule has 0 aromatic heterocycles. The van der Waals surface area contributed by atoms with Gasteiger partial charge in [-0.2, -0.15) is 22.0 Å². The molecule has 1 aliphatic rings. The monoisotopic (exact) mass is 893 g/mol. The third-order valence-electron chi connectivity index (χ3n) is 5.77. The molecule has 7 nitrogen and oxygen atoms in total. The number of hydrogen-bond acceptors (Lipinski definition) is 7. The summed E-state index contributed by atoms with van der Waals surface area (Å²) in [7, 11) is -6.74. The van der Waals surface area contributed by atoms with Crippen LogP contribution in [0, 0.1) is 22.5 Å². The average molecular weight is 893 g/mol. The van der Waals surface area contributed by atoms with Crippen molar-refractivity contribution in [2.24, 2.45) is 11.8 Å². The van der Waals surface area contributed by atoms with Crippen LogP contribution in [0.5, 0.6) is 5.75 Å². The molecule has 0 heterocycles. The first-order valence-electron chi connectivity index (χ1n) is 10.9. The van der Waals surface area contributed by atoms with Crippen molar-refractivity contribution in [1.29, 1.82) is 0 Å². The van der Waals surface area contributed by atoms with Crippen LogP contribution in [0.25, 0.3) is 0 Å². The van der Waals surface area contributed by atoms with E-state index in [-0.39, 0.29) is 18.8 Å². The molecule has 1 fully saturated rings. The maximum absolute atomic E-state index is 13.5. The van der Waals surface area contributed by atoms with E-state index in [1.807, 2.05) is 12.1 Å². The van der Waals surface area contributed by atoms with Crippen molar-refractivity contribution in [3.8, 4) is 5.75 Å². The summed E-state index contributed by atoms with van der Waals surface area (Å²) < 4.78 is 109. The van der Waals surface area contributed by atoms with Gasteiger partial charge in [-0.15, -0.1) is 0 Å². The van der Waals surface area contributed by atoms with Crippen molar-refractivity contribution in [3.05, 3.63) is 22.8 Å². The van der Waals surface area contributed by atoms with E-state index in [1.165, 1.54) is 0 Å². The van der Waals surface area contributed by atoms with Crippen molar-refractivity contribution in [1.82, 2.24) is 0 Å². The van der Waals surface area contributed by atoms with Gasteiger partial charge in [-0.25, -0.2) is 8.42 Å². The largest absolute Gasteiger partial charge is 0.743 e. The zero-order valence-corrected chi connectivity index (χ0v) is 26.1. The molecule has 0 N–H and O–H groups in total. The van der Waals surface area contributed by atoms with Crippen LogP contribution in [0.1, 0.15) is 51.4 Å². The average Bonchev–Trinajstić information content (AvgIpc) is 2.76. The summed E-state index contributed by atoms with van der Waals surface area (Å²) in [4.78, 5) is 24.7. The van der Waals surface area contributed by atoms with E-state index in [0.29, 0.717) is 25.0 Å². The Labute approximate surface area is 251 Å². The van der Waals surface area contributed by atoms with Gasteiger partial charge in [0.1, 0.15) is 0 Å². The lowest BCUT2D eigenvalue weighted by Crippen LogP contribution is -2.52. The van der Waals surface area contributed by atoms with E-state index >= 15 is 0 Å². The number of unbranched alkanes of at least 4 members (excludes halogenated alkanes) is 1. The molecule has 16 heteroatoms. The van der Waals surface area contributed by atoms with Crippen LogP contribution in [-0.4, -0.2) is 42.4 Å². The number of benzene rings is 1. The summed E-state index contributed by atoms with van der Waals surface area (Å²) >= 11 is 6.31. The highest BCUT2D eigenvalue weighted by atomic mass is 127. The van der Waals surface area contributed by atoms with Crippen LogP contribution < -0.4 is 4.74 Å². The summed E-state index contributed by atoms with van der Waals surface area (Å²) in [6, 6.07) is 3.74. The molecule has 0 saturated heterocycles. The summed E-state index contributed by atoms with van der Waals surface area (Å²) in [6.45, 7) is 0. The Morgan fingerprint density at radius 1 is 1.03 bits per heavy atom. The zero-order chi connectivity index (χ0) is 28.2. The van der Waals surface area contributed by atoms with Gasteiger partial charge in [0.15, 0.2) is 15.9 Å². The molecule has 0 spiro atoms. The molecule has 0 amide bonds. The van der Waals surface area contributed by atoms with Crippen LogP contribution >= 0.6 is 67.8 Å². The quantitative estimate of drug-likeness (QED) is 0.0670. The Balaban J connectivity index is 1.94. The fourth-order valence-corrected chi connectivity index (χ4v) is 8.24. The van der Waals surface area contributed by atoms with Crippen LogP contribution in [0.15, 0.2) is 12.1 Å². The lowest BCUT2D eigenvalue weighted by atomic mass is 9.76. The van der Waals surface area contributed by atoms with E-state index < -0.39 is 51.9 Å². The van der Waals surface area contributed by atoms with Crippen molar-refractivity contribution in [2.75, 3.05) is 0 Å². The third-order valence-corrected chi connectivity index (χ3v) is 8.87. The molecule has 37 heavy (non-hydrogen) atoms. The second kappa shape index (κ2) is 13.5. The maximum atomic E-state index is 13.5. The molecule has 1 aliphatic carbocycles. The Morgan fingerprint density at radius 3 is 2.14 bits per heavy atom. The van der Waals surface area contributed by atoms with Crippen molar-refractivity contribution in [3.63, 3.8) is 0 Å². The fourth-order valence-electron chi connectivity index (χ4n) is 3.99. The van der Waals surface area contributed by atoms with E-state index in [4.69, 9.17) is 4.74 Å². The van der Waals surface area contributed by atoms with Gasteiger partial charge in [0, 0.05) is 9.99 Å². The van der Waals surface area contributed by atoms with Crippen LogP contribution in [0.4, 0.5) is 22.0 Å². The van der Waals surface area contributed by atoms with Crippen molar-refractivity contribution < 1.29 is 54.0 Å². The van der Waals surface area contributed by atoms with Gasteiger partial charge < -0.3 is 14.0 Å². The topological polar surface area (TPSA) is 110 Å². The summed E-state index contributed by atoms with van der Waals surface area (Å²) in [5, 5.41) is -5.87. The maximum Gasteiger partial charge on any atom is 0.432 e. The van der Waals surface area contributed by atoms with Gasteiger partial charge in [-0.05, 0) is 112 Å². The van der Waals surface area contributed by atoms with Gasteiger partial charge in [-0.1, -0.05) is 19.3 Å². The summed E-state index contributed by atoms with van der Waals surface area (Å²) in [6.07, 6.45) is -7.45. The van der Waals surface area contributed by atoms with E-state index in [9.17, 15) is 44.5 Å². The number of ether oxygens (including phenoxy) is 2. The predicted molar refractivity (Wildman–Crippen MR) is 145 cm³/mol. The lowest BCUT2D eigenvalue weighted by Gasteiger charge is -2.30. The number of rotatable bonds is 10. The molecule has 0 aliphatic heterocycles. The number of carbonyl (C=O) groups is 2. The predicted octanol–water partition coefficient (Wildman–Crippen LogP) is 6.38. The smallest absolute Gasteiger partial charge is 0.432 e. The van der Waals surface area contributed by atoms with Crippen LogP contribution in [-0.2, 0) is 24.4 Å². The molecular weight excluding hydrogens is 872 g/mol. The van der Waals surface area contributed by atoms with E-state index in [1.54, 1.807) is 0 Å². The molecule has 0 radical (unpaired) electrons. The Morgan fingerprint density at radius 2 is 1.59 bits per heavy atom. The molecule has 1 aromatic carbocycles. The standard InChI is InChI=1S/C21H22F5I3O7S/c22-20(23,24)19(21(25,26)37(32,33)34)35-16(30)8-4-2-6-11-5-1-3-7-13(11)18(31)36-17-14(28)9-12(27)10-15(17)29/h9-11,13,19H,1-8H2,(H,32,33,34)/p-1. The minimum Gasteiger partial charge on any atom is -0.743 e. The second-order valence-electron chi connectivity index (χ2n) is 8.44. The molecule has 0 bridgehead atoms. The number of alkyl halides is 5. The third kappa shape index (κ3) is 9.22. The molecule has 1 aromatic rings. The van der Waals surface area contributed by atoms with Gasteiger partial charge in [0.05, 0.1) is 13.1 Å². The van der Waals surface area contributed by atoms with E-state index in [0.717, 1.165) is 23.6 Å².